The molecular weight excluding hydrogens is 505 g/mol. The number of hydrogen-bond acceptors (Lipinski definition) is 5. The highest BCUT2D eigenvalue weighted by Crippen LogP contribution is 2.61. The van der Waals surface area contributed by atoms with Gasteiger partial charge in [0.05, 0.1) is 13.2 Å². The molecule has 7 rings (SSSR count). The summed E-state index contributed by atoms with van der Waals surface area (Å²) >= 11 is 0. The maximum absolute atomic E-state index is 14.6. The second-order valence-electron chi connectivity index (χ2n) is 10.4. The van der Waals surface area contributed by atoms with Gasteiger partial charge < -0.3 is 9.64 Å². The van der Waals surface area contributed by atoms with E-state index in [2.05, 4.69) is 0 Å². The number of fused-ring (bicyclic) bond motifs is 5. The number of benzene rings is 4. The molecule has 1 fully saturated rings. The second kappa shape index (κ2) is 8.85. The predicted molar refractivity (Wildman–Crippen MR) is 150 cm³/mol. The molecule has 0 amide bonds. The lowest BCUT2D eigenvalue weighted by molar-refractivity contribution is 0.0666. The SMILES string of the molecule is COc1ccc(C2C(C(=O)c3ccc(F)cc3)N3c4ccccc4C=CC3C23C(=O)c2ccccc2C3=O)cc1. The topological polar surface area (TPSA) is 63.7 Å². The van der Waals surface area contributed by atoms with Gasteiger partial charge >= 0.3 is 0 Å². The second-order valence-corrected chi connectivity index (χ2v) is 10.4. The lowest BCUT2D eigenvalue weighted by Crippen LogP contribution is -2.48. The monoisotopic (exact) mass is 529 g/mol. The summed E-state index contributed by atoms with van der Waals surface area (Å²) in [4.78, 5) is 45.6. The van der Waals surface area contributed by atoms with Crippen molar-refractivity contribution < 1.29 is 23.5 Å². The highest BCUT2D eigenvalue weighted by molar-refractivity contribution is 6.32. The van der Waals surface area contributed by atoms with Crippen molar-refractivity contribution in [2.45, 2.75) is 18.0 Å². The van der Waals surface area contributed by atoms with E-state index in [1.54, 1.807) is 43.5 Å². The van der Waals surface area contributed by atoms with Gasteiger partial charge in [0.1, 0.15) is 23.0 Å². The fourth-order valence-electron chi connectivity index (χ4n) is 6.89. The van der Waals surface area contributed by atoms with E-state index >= 15 is 0 Å². The van der Waals surface area contributed by atoms with E-state index < -0.39 is 29.2 Å². The molecule has 3 atom stereocenters. The molecule has 0 N–H and O–H groups in total. The van der Waals surface area contributed by atoms with E-state index in [-0.39, 0.29) is 17.3 Å². The molecule has 1 spiro atoms. The van der Waals surface area contributed by atoms with Gasteiger partial charge in [-0.1, -0.05) is 66.7 Å². The summed E-state index contributed by atoms with van der Waals surface area (Å²) in [6, 6.07) is 25.6. The molecular formula is C34H24FNO4. The van der Waals surface area contributed by atoms with Crippen molar-refractivity contribution in [3.8, 4) is 5.75 Å². The number of anilines is 1. The Kier molecular flexibility index (Phi) is 5.36. The number of nitrogens with zero attached hydrogens (tertiary/aromatic N) is 1. The van der Waals surface area contributed by atoms with Crippen LogP contribution >= 0.6 is 0 Å². The summed E-state index contributed by atoms with van der Waals surface area (Å²) in [5.74, 6) is -1.53. The molecule has 6 heteroatoms. The van der Waals surface area contributed by atoms with Gasteiger partial charge in [-0.2, -0.15) is 0 Å². The fraction of sp³-hybridized carbons (Fsp3) is 0.147. The van der Waals surface area contributed by atoms with Crippen molar-refractivity contribution in [2.24, 2.45) is 5.41 Å². The molecule has 1 saturated heterocycles. The molecule has 4 aromatic carbocycles. The number of rotatable bonds is 4. The van der Waals surface area contributed by atoms with E-state index in [0.29, 0.717) is 28.0 Å². The summed E-state index contributed by atoms with van der Waals surface area (Å²) in [6.07, 6.45) is 3.82. The number of ketones is 3. The van der Waals surface area contributed by atoms with Gasteiger partial charge in [-0.05, 0) is 53.6 Å². The smallest absolute Gasteiger partial charge is 0.185 e. The molecule has 0 aromatic heterocycles. The number of hydrogen-bond donors (Lipinski definition) is 0. The Morgan fingerprint density at radius 1 is 0.825 bits per heavy atom. The molecule has 4 aromatic rings. The first-order valence-electron chi connectivity index (χ1n) is 13.1. The zero-order valence-electron chi connectivity index (χ0n) is 21.6. The van der Waals surface area contributed by atoms with Crippen molar-refractivity contribution in [3.63, 3.8) is 0 Å². The molecule has 3 unspecified atom stereocenters. The first kappa shape index (κ1) is 24.2. The fourth-order valence-corrected chi connectivity index (χ4v) is 6.89. The minimum atomic E-state index is -1.58. The maximum Gasteiger partial charge on any atom is 0.185 e. The molecule has 3 aliphatic rings. The zero-order chi connectivity index (χ0) is 27.6. The quantitative estimate of drug-likeness (QED) is 0.234. The van der Waals surface area contributed by atoms with Crippen molar-refractivity contribution in [1.29, 1.82) is 0 Å². The van der Waals surface area contributed by atoms with Crippen LogP contribution in [-0.4, -0.2) is 36.5 Å². The van der Waals surface area contributed by atoms with Gasteiger partial charge in [0, 0.05) is 28.3 Å². The Morgan fingerprint density at radius 3 is 2.10 bits per heavy atom. The highest BCUT2D eigenvalue weighted by atomic mass is 19.1. The number of methoxy groups -OCH3 is 1. The van der Waals surface area contributed by atoms with Crippen LogP contribution in [-0.2, 0) is 0 Å². The molecule has 0 radical (unpaired) electrons. The lowest BCUT2D eigenvalue weighted by Gasteiger charge is -2.37. The van der Waals surface area contributed by atoms with E-state index in [1.807, 2.05) is 53.5 Å². The van der Waals surface area contributed by atoms with Crippen LogP contribution < -0.4 is 9.64 Å². The molecule has 2 aliphatic heterocycles. The number of Topliss-reactive ketones (excluding diaryl/α,β-unsaturated/α-hetero) is 3. The Hall–Kier alpha value is -4.84. The third-order valence-corrected chi connectivity index (χ3v) is 8.59. The minimum Gasteiger partial charge on any atom is -0.497 e. The summed E-state index contributed by atoms with van der Waals surface area (Å²) in [6.45, 7) is 0. The van der Waals surface area contributed by atoms with Gasteiger partial charge in [-0.25, -0.2) is 4.39 Å². The first-order valence-corrected chi connectivity index (χ1v) is 13.1. The lowest BCUT2D eigenvalue weighted by atomic mass is 9.64. The molecule has 5 nitrogen and oxygen atoms in total. The van der Waals surface area contributed by atoms with Gasteiger partial charge in [-0.3, -0.25) is 14.4 Å². The van der Waals surface area contributed by atoms with E-state index in [0.717, 1.165) is 11.3 Å². The standard InChI is InChI=1S/C34H24FNO4/c1-40-24-17-12-21(13-18-24)29-30(31(37)22-10-15-23(35)16-11-22)36-27-9-5-2-6-20(27)14-19-28(36)34(29)32(38)25-7-3-4-8-26(25)33(34)39/h2-19,28-30H,1H3. The van der Waals surface area contributed by atoms with Gasteiger partial charge in [0.2, 0.25) is 0 Å². The molecule has 0 bridgehead atoms. The van der Waals surface area contributed by atoms with Crippen LogP contribution in [0.3, 0.4) is 0 Å². The van der Waals surface area contributed by atoms with Gasteiger partial charge in [-0.15, -0.1) is 0 Å². The minimum absolute atomic E-state index is 0.288. The molecule has 40 heavy (non-hydrogen) atoms. The maximum atomic E-state index is 14.6. The average molecular weight is 530 g/mol. The van der Waals surface area contributed by atoms with Crippen LogP contribution in [0.4, 0.5) is 10.1 Å². The molecule has 2 heterocycles. The number of carbonyl (C=O) groups is 3. The Balaban J connectivity index is 1.53. The summed E-state index contributed by atoms with van der Waals surface area (Å²) in [5.41, 5.74) is 1.79. The number of para-hydroxylation sites is 1. The van der Waals surface area contributed by atoms with Crippen molar-refractivity contribution in [3.05, 3.63) is 137 Å². The van der Waals surface area contributed by atoms with Crippen LogP contribution in [0.5, 0.6) is 5.75 Å². The first-order chi connectivity index (χ1) is 19.5. The third-order valence-electron chi connectivity index (χ3n) is 8.59. The van der Waals surface area contributed by atoms with Crippen molar-refractivity contribution in [1.82, 2.24) is 0 Å². The van der Waals surface area contributed by atoms with Gasteiger partial charge in [0.15, 0.2) is 17.3 Å². The largest absolute Gasteiger partial charge is 0.497 e. The van der Waals surface area contributed by atoms with Crippen LogP contribution in [0.25, 0.3) is 6.08 Å². The Labute approximate surface area is 230 Å². The third kappa shape index (κ3) is 3.16. The van der Waals surface area contributed by atoms with Crippen LogP contribution in [0.2, 0.25) is 0 Å². The van der Waals surface area contributed by atoms with Crippen LogP contribution in [0, 0.1) is 11.2 Å². The van der Waals surface area contributed by atoms with Crippen molar-refractivity contribution >= 4 is 29.1 Å². The molecule has 1 aliphatic carbocycles. The summed E-state index contributed by atoms with van der Waals surface area (Å²) in [5, 5.41) is 0. The Bertz CT molecular complexity index is 1690. The van der Waals surface area contributed by atoms with Gasteiger partial charge in [0.25, 0.3) is 0 Å². The average Bonchev–Trinajstić information content (AvgIpc) is 3.43. The van der Waals surface area contributed by atoms with Crippen LogP contribution in [0.15, 0.2) is 103 Å². The summed E-state index contributed by atoms with van der Waals surface area (Å²) in [7, 11) is 1.57. The summed E-state index contributed by atoms with van der Waals surface area (Å²) < 4.78 is 19.2. The highest BCUT2D eigenvalue weighted by Gasteiger charge is 2.71. The van der Waals surface area contributed by atoms with E-state index in [4.69, 9.17) is 4.74 Å². The van der Waals surface area contributed by atoms with Crippen molar-refractivity contribution in [2.75, 3.05) is 12.0 Å². The van der Waals surface area contributed by atoms with Crippen LogP contribution in [0.1, 0.15) is 48.1 Å². The predicted octanol–water partition coefficient (Wildman–Crippen LogP) is 6.15. The zero-order valence-corrected chi connectivity index (χ0v) is 21.6. The Morgan fingerprint density at radius 2 is 1.45 bits per heavy atom. The number of halogens is 1. The molecule has 196 valence electrons. The normalized spacial score (nSPS) is 21.8. The van der Waals surface area contributed by atoms with E-state index in [1.165, 1.54) is 24.3 Å². The molecule has 0 saturated carbocycles. The number of ether oxygens (including phenoxy) is 1. The van der Waals surface area contributed by atoms with E-state index in [9.17, 15) is 18.8 Å². The number of carbonyl (C=O) groups excluding carboxylic acids is 3.